The molecule has 2 aromatic rings. The molecule has 0 fully saturated rings. The van der Waals surface area contributed by atoms with Crippen molar-refractivity contribution in [3.8, 4) is 0 Å². The van der Waals surface area contributed by atoms with E-state index in [1.165, 1.54) is 0 Å². The van der Waals surface area contributed by atoms with Gasteiger partial charge >= 0.3 is 0 Å². The summed E-state index contributed by atoms with van der Waals surface area (Å²) in [4.78, 5) is 12.2. The van der Waals surface area contributed by atoms with Crippen LogP contribution in [0.15, 0.2) is 22.7 Å². The van der Waals surface area contributed by atoms with Crippen LogP contribution >= 0.6 is 23.2 Å². The lowest BCUT2D eigenvalue weighted by Crippen LogP contribution is -2.27. The van der Waals surface area contributed by atoms with Crippen molar-refractivity contribution in [1.82, 2.24) is 10.5 Å². The van der Waals surface area contributed by atoms with E-state index in [9.17, 15) is 4.79 Å². The topological polar surface area (TPSA) is 55.1 Å². The van der Waals surface area contributed by atoms with Crippen LogP contribution in [0, 0.1) is 13.8 Å². The summed E-state index contributed by atoms with van der Waals surface area (Å²) in [6.07, 6.45) is 0. The van der Waals surface area contributed by atoms with Gasteiger partial charge in [0.05, 0.1) is 11.7 Å². The Hall–Kier alpha value is -1.52. The number of aromatic nitrogens is 1. The second-order valence-corrected chi connectivity index (χ2v) is 5.40. The lowest BCUT2D eigenvalue weighted by molar-refractivity contribution is 0.0938. The molecule has 4 nitrogen and oxygen atoms in total. The summed E-state index contributed by atoms with van der Waals surface area (Å²) in [5.74, 6) is 0.258. The first-order chi connectivity index (χ1) is 9.40. The number of hydrogen-bond acceptors (Lipinski definition) is 3. The SMILES string of the molecule is Cc1noc(C)c1C(=O)N[C@H](C)c1ccc(Cl)cc1Cl. The smallest absolute Gasteiger partial charge is 0.257 e. The predicted molar refractivity (Wildman–Crippen MR) is 78.3 cm³/mol. The summed E-state index contributed by atoms with van der Waals surface area (Å²) in [7, 11) is 0. The highest BCUT2D eigenvalue weighted by Gasteiger charge is 2.20. The van der Waals surface area contributed by atoms with Gasteiger partial charge in [-0.25, -0.2) is 0 Å². The molecule has 1 aromatic carbocycles. The molecule has 0 saturated carbocycles. The van der Waals surface area contributed by atoms with E-state index in [-0.39, 0.29) is 11.9 Å². The fourth-order valence-electron chi connectivity index (χ4n) is 2.01. The molecule has 1 atom stereocenters. The third kappa shape index (κ3) is 2.97. The number of rotatable bonds is 3. The van der Waals surface area contributed by atoms with Gasteiger partial charge in [-0.15, -0.1) is 0 Å². The molecule has 1 aromatic heterocycles. The number of nitrogens with zero attached hydrogens (tertiary/aromatic N) is 1. The Bertz CT molecular complexity index is 633. The van der Waals surface area contributed by atoms with Crippen LogP contribution in [-0.4, -0.2) is 11.1 Å². The van der Waals surface area contributed by atoms with Crippen molar-refractivity contribution in [1.29, 1.82) is 0 Å². The first-order valence-electron chi connectivity index (χ1n) is 6.09. The Labute approximate surface area is 127 Å². The van der Waals surface area contributed by atoms with E-state index in [1.54, 1.807) is 32.0 Å². The Balaban J connectivity index is 2.19. The fourth-order valence-corrected chi connectivity index (χ4v) is 2.58. The summed E-state index contributed by atoms with van der Waals surface area (Å²) in [6, 6.07) is 4.93. The summed E-state index contributed by atoms with van der Waals surface area (Å²) < 4.78 is 4.99. The summed E-state index contributed by atoms with van der Waals surface area (Å²) >= 11 is 12.0. The lowest BCUT2D eigenvalue weighted by Gasteiger charge is -2.15. The van der Waals surface area contributed by atoms with Crippen molar-refractivity contribution < 1.29 is 9.32 Å². The number of aryl methyl sites for hydroxylation is 2. The molecule has 6 heteroatoms. The Morgan fingerprint density at radius 2 is 2.05 bits per heavy atom. The van der Waals surface area contributed by atoms with Crippen LogP contribution in [0.3, 0.4) is 0 Å². The highest BCUT2D eigenvalue weighted by Crippen LogP contribution is 2.26. The summed E-state index contributed by atoms with van der Waals surface area (Å²) in [6.45, 7) is 5.28. The number of amides is 1. The van der Waals surface area contributed by atoms with Gasteiger partial charge in [-0.2, -0.15) is 0 Å². The van der Waals surface area contributed by atoms with Gasteiger partial charge in [-0.05, 0) is 38.5 Å². The van der Waals surface area contributed by atoms with Crippen molar-refractivity contribution in [2.75, 3.05) is 0 Å². The van der Waals surface area contributed by atoms with Crippen molar-refractivity contribution in [3.05, 3.63) is 50.8 Å². The Morgan fingerprint density at radius 3 is 2.60 bits per heavy atom. The Kier molecular flexibility index (Phi) is 4.35. The number of hydrogen-bond donors (Lipinski definition) is 1. The quantitative estimate of drug-likeness (QED) is 0.928. The van der Waals surface area contributed by atoms with Crippen LogP contribution in [0.5, 0.6) is 0 Å². The average Bonchev–Trinajstić information content (AvgIpc) is 2.68. The van der Waals surface area contributed by atoms with E-state index < -0.39 is 0 Å². The van der Waals surface area contributed by atoms with Gasteiger partial charge in [0.1, 0.15) is 11.3 Å². The van der Waals surface area contributed by atoms with Gasteiger partial charge in [0.25, 0.3) is 5.91 Å². The van der Waals surface area contributed by atoms with E-state index in [0.29, 0.717) is 27.1 Å². The molecule has 1 heterocycles. The Morgan fingerprint density at radius 1 is 1.35 bits per heavy atom. The fraction of sp³-hybridized carbons (Fsp3) is 0.286. The largest absolute Gasteiger partial charge is 0.361 e. The number of benzene rings is 1. The molecule has 0 spiro atoms. The van der Waals surface area contributed by atoms with E-state index >= 15 is 0 Å². The van der Waals surface area contributed by atoms with E-state index in [4.69, 9.17) is 27.7 Å². The number of halogens is 2. The summed E-state index contributed by atoms with van der Waals surface area (Å²) in [5.41, 5.74) is 1.83. The van der Waals surface area contributed by atoms with Crippen LogP contribution < -0.4 is 5.32 Å². The number of carbonyl (C=O) groups is 1. The highest BCUT2D eigenvalue weighted by atomic mass is 35.5. The molecule has 106 valence electrons. The zero-order valence-corrected chi connectivity index (χ0v) is 12.8. The third-order valence-electron chi connectivity index (χ3n) is 3.04. The standard InChI is InChI=1S/C14H14Cl2N2O2/c1-7(11-5-4-10(15)6-12(11)16)17-14(19)13-8(2)18-20-9(13)3/h4-7H,1-3H3,(H,17,19)/t7-/m1/s1. The minimum Gasteiger partial charge on any atom is -0.361 e. The molecule has 0 aliphatic rings. The lowest BCUT2D eigenvalue weighted by atomic mass is 10.1. The first-order valence-corrected chi connectivity index (χ1v) is 6.84. The molecule has 2 rings (SSSR count). The maximum Gasteiger partial charge on any atom is 0.257 e. The molecule has 1 amide bonds. The monoisotopic (exact) mass is 312 g/mol. The van der Waals surface area contributed by atoms with Gasteiger partial charge < -0.3 is 9.84 Å². The van der Waals surface area contributed by atoms with Crippen LogP contribution in [-0.2, 0) is 0 Å². The van der Waals surface area contributed by atoms with Crippen molar-refractivity contribution in [3.63, 3.8) is 0 Å². The van der Waals surface area contributed by atoms with Crippen LogP contribution in [0.1, 0.15) is 40.3 Å². The molecule has 0 saturated heterocycles. The molecule has 1 N–H and O–H groups in total. The molecule has 20 heavy (non-hydrogen) atoms. The molecule has 0 bridgehead atoms. The first kappa shape index (κ1) is 14.9. The van der Waals surface area contributed by atoms with E-state index in [1.807, 2.05) is 6.92 Å². The molecular weight excluding hydrogens is 299 g/mol. The third-order valence-corrected chi connectivity index (χ3v) is 3.60. The van der Waals surface area contributed by atoms with Crippen LogP contribution in [0.25, 0.3) is 0 Å². The zero-order chi connectivity index (χ0) is 14.9. The molecule has 0 aliphatic carbocycles. The number of carbonyl (C=O) groups excluding carboxylic acids is 1. The zero-order valence-electron chi connectivity index (χ0n) is 11.3. The second kappa shape index (κ2) is 5.85. The van der Waals surface area contributed by atoms with E-state index in [2.05, 4.69) is 10.5 Å². The number of nitrogens with one attached hydrogen (secondary N) is 1. The maximum atomic E-state index is 12.2. The average molecular weight is 313 g/mol. The van der Waals surface area contributed by atoms with Crippen molar-refractivity contribution in [2.24, 2.45) is 0 Å². The van der Waals surface area contributed by atoms with Gasteiger partial charge in [0, 0.05) is 10.0 Å². The van der Waals surface area contributed by atoms with Gasteiger partial charge in [-0.1, -0.05) is 34.4 Å². The molecule has 0 aliphatic heterocycles. The van der Waals surface area contributed by atoms with Crippen molar-refractivity contribution in [2.45, 2.75) is 26.8 Å². The van der Waals surface area contributed by atoms with Gasteiger partial charge in [0.15, 0.2) is 0 Å². The molecular formula is C14H14Cl2N2O2. The minimum absolute atomic E-state index is 0.236. The normalized spacial score (nSPS) is 12.2. The van der Waals surface area contributed by atoms with Crippen LogP contribution in [0.2, 0.25) is 10.0 Å². The highest BCUT2D eigenvalue weighted by molar-refractivity contribution is 6.35. The molecule has 0 radical (unpaired) electrons. The summed E-state index contributed by atoms with van der Waals surface area (Å²) in [5, 5.41) is 7.72. The second-order valence-electron chi connectivity index (χ2n) is 4.56. The van der Waals surface area contributed by atoms with E-state index in [0.717, 1.165) is 5.56 Å². The maximum absolute atomic E-state index is 12.2. The predicted octanol–water partition coefficient (Wildman–Crippen LogP) is 4.09. The van der Waals surface area contributed by atoms with Crippen LogP contribution in [0.4, 0.5) is 0 Å². The van der Waals surface area contributed by atoms with Gasteiger partial charge in [-0.3, -0.25) is 4.79 Å². The molecule has 0 unspecified atom stereocenters. The minimum atomic E-state index is -0.249. The van der Waals surface area contributed by atoms with Gasteiger partial charge in [0.2, 0.25) is 0 Å². The van der Waals surface area contributed by atoms with Crippen molar-refractivity contribution >= 4 is 29.1 Å².